The van der Waals surface area contributed by atoms with Crippen molar-refractivity contribution < 1.29 is 14.3 Å². The third kappa shape index (κ3) is 5.04. The number of carbonyl (C=O) groups excluding carboxylic acids is 1. The maximum atomic E-state index is 12.0. The van der Waals surface area contributed by atoms with Crippen molar-refractivity contribution in [2.45, 2.75) is 57.2 Å². The number of esters is 1. The third-order valence-electron chi connectivity index (χ3n) is 4.11. The first kappa shape index (κ1) is 15.7. The van der Waals surface area contributed by atoms with Crippen LogP contribution in [0.15, 0.2) is 0 Å². The van der Waals surface area contributed by atoms with Gasteiger partial charge in [0.15, 0.2) is 0 Å². The molecule has 0 aromatic carbocycles. The smallest absolute Gasteiger partial charge is 0.323 e. The highest BCUT2D eigenvalue weighted by Gasteiger charge is 2.30. The lowest BCUT2D eigenvalue weighted by atomic mass is 10.1. The Hall–Kier alpha value is -0.650. The molecule has 1 N–H and O–H groups in total. The average Bonchev–Trinajstić information content (AvgIpc) is 3.28. The van der Waals surface area contributed by atoms with E-state index in [1.807, 2.05) is 6.92 Å². The minimum absolute atomic E-state index is 0.0975. The van der Waals surface area contributed by atoms with Crippen LogP contribution in [0.3, 0.4) is 0 Å². The number of nitrogens with zero attached hydrogens (tertiary/aromatic N) is 1. The number of likely N-dealkylation sites (tertiary alicyclic amines) is 1. The van der Waals surface area contributed by atoms with Crippen LogP contribution in [0.4, 0.5) is 0 Å². The highest BCUT2D eigenvalue weighted by atomic mass is 16.5. The highest BCUT2D eigenvalue weighted by molar-refractivity contribution is 5.75. The summed E-state index contributed by atoms with van der Waals surface area (Å²) in [5, 5.41) is 3.41. The van der Waals surface area contributed by atoms with E-state index in [4.69, 9.17) is 9.47 Å². The molecule has 116 valence electrons. The molecule has 1 aliphatic heterocycles. The molecule has 2 unspecified atom stereocenters. The predicted molar refractivity (Wildman–Crippen MR) is 77.7 cm³/mol. The zero-order valence-electron chi connectivity index (χ0n) is 12.8. The van der Waals surface area contributed by atoms with Crippen LogP contribution in [0.25, 0.3) is 0 Å². The summed E-state index contributed by atoms with van der Waals surface area (Å²) in [5.74, 6) is -0.0975. The Morgan fingerprint density at radius 3 is 2.85 bits per heavy atom. The van der Waals surface area contributed by atoms with E-state index in [0.29, 0.717) is 18.8 Å². The fourth-order valence-electron chi connectivity index (χ4n) is 2.77. The van der Waals surface area contributed by atoms with Gasteiger partial charge in [-0.05, 0) is 45.6 Å². The summed E-state index contributed by atoms with van der Waals surface area (Å²) >= 11 is 0. The van der Waals surface area contributed by atoms with Gasteiger partial charge in [0.1, 0.15) is 6.04 Å². The van der Waals surface area contributed by atoms with Gasteiger partial charge in [-0.25, -0.2) is 0 Å². The third-order valence-corrected chi connectivity index (χ3v) is 4.11. The standard InChI is InChI=1S/C15H28N2O3/c1-3-20-15(18)14(16-12-6-7-12)8-10-17-9-4-5-13(11-17)19-2/h12-14,16H,3-11H2,1-2H3. The van der Waals surface area contributed by atoms with Crippen molar-refractivity contribution in [3.8, 4) is 0 Å². The molecule has 0 aromatic rings. The quantitative estimate of drug-likeness (QED) is 0.678. The van der Waals surface area contributed by atoms with Gasteiger partial charge in [-0.2, -0.15) is 0 Å². The number of ether oxygens (including phenoxy) is 2. The zero-order chi connectivity index (χ0) is 14.4. The molecule has 0 radical (unpaired) electrons. The molecule has 1 saturated carbocycles. The van der Waals surface area contributed by atoms with Gasteiger partial charge in [-0.15, -0.1) is 0 Å². The van der Waals surface area contributed by atoms with Crippen LogP contribution in [0.5, 0.6) is 0 Å². The van der Waals surface area contributed by atoms with Crippen LogP contribution >= 0.6 is 0 Å². The number of hydrogen-bond donors (Lipinski definition) is 1. The van der Waals surface area contributed by atoms with Crippen LogP contribution in [0.2, 0.25) is 0 Å². The molecule has 0 bridgehead atoms. The Balaban J connectivity index is 1.76. The molecule has 1 heterocycles. The highest BCUT2D eigenvalue weighted by Crippen LogP contribution is 2.21. The van der Waals surface area contributed by atoms with Crippen LogP contribution < -0.4 is 5.32 Å². The molecular formula is C15H28N2O3. The van der Waals surface area contributed by atoms with E-state index < -0.39 is 0 Å². The molecule has 2 atom stereocenters. The van der Waals surface area contributed by atoms with Gasteiger partial charge in [-0.1, -0.05) is 0 Å². The normalized spacial score (nSPS) is 25.4. The second-order valence-corrected chi connectivity index (χ2v) is 5.83. The number of methoxy groups -OCH3 is 1. The van der Waals surface area contributed by atoms with E-state index in [9.17, 15) is 4.79 Å². The SMILES string of the molecule is CCOC(=O)C(CCN1CCCC(OC)C1)NC1CC1. The van der Waals surface area contributed by atoms with Crippen LogP contribution in [0.1, 0.15) is 39.0 Å². The summed E-state index contributed by atoms with van der Waals surface area (Å²) in [6, 6.07) is 0.378. The minimum Gasteiger partial charge on any atom is -0.465 e. The summed E-state index contributed by atoms with van der Waals surface area (Å²) in [5.41, 5.74) is 0. The summed E-state index contributed by atoms with van der Waals surface area (Å²) in [7, 11) is 1.78. The predicted octanol–water partition coefficient (Wildman–Crippen LogP) is 1.17. The fourth-order valence-corrected chi connectivity index (χ4v) is 2.77. The first-order valence-electron chi connectivity index (χ1n) is 7.90. The fraction of sp³-hybridized carbons (Fsp3) is 0.933. The molecule has 5 heteroatoms. The molecule has 1 saturated heterocycles. The van der Waals surface area contributed by atoms with Crippen LogP contribution in [-0.4, -0.2) is 62.4 Å². The maximum absolute atomic E-state index is 12.0. The zero-order valence-corrected chi connectivity index (χ0v) is 12.8. The molecule has 0 spiro atoms. The number of nitrogens with one attached hydrogen (secondary N) is 1. The summed E-state index contributed by atoms with van der Waals surface area (Å²) in [4.78, 5) is 14.4. The molecular weight excluding hydrogens is 256 g/mol. The van der Waals surface area contributed by atoms with E-state index in [2.05, 4.69) is 10.2 Å². The lowest BCUT2D eigenvalue weighted by Crippen LogP contribution is -2.45. The first-order chi connectivity index (χ1) is 9.72. The van der Waals surface area contributed by atoms with Crippen molar-refractivity contribution in [3.05, 3.63) is 0 Å². The Morgan fingerprint density at radius 1 is 1.40 bits per heavy atom. The second kappa shape index (κ2) is 7.96. The molecule has 2 rings (SSSR count). The topological polar surface area (TPSA) is 50.8 Å². The molecule has 0 amide bonds. The lowest BCUT2D eigenvalue weighted by molar-refractivity contribution is -0.146. The Kier molecular flexibility index (Phi) is 6.26. The molecule has 5 nitrogen and oxygen atoms in total. The van der Waals surface area contributed by atoms with Crippen molar-refractivity contribution in [2.75, 3.05) is 33.4 Å². The first-order valence-corrected chi connectivity index (χ1v) is 7.90. The molecule has 0 aromatic heterocycles. The maximum Gasteiger partial charge on any atom is 0.323 e. The van der Waals surface area contributed by atoms with E-state index >= 15 is 0 Å². The van der Waals surface area contributed by atoms with Crippen LogP contribution in [-0.2, 0) is 14.3 Å². The van der Waals surface area contributed by atoms with Crippen molar-refractivity contribution in [1.82, 2.24) is 10.2 Å². The van der Waals surface area contributed by atoms with Crippen molar-refractivity contribution in [2.24, 2.45) is 0 Å². The molecule has 20 heavy (non-hydrogen) atoms. The molecule has 2 fully saturated rings. The monoisotopic (exact) mass is 284 g/mol. The van der Waals surface area contributed by atoms with Gasteiger partial charge >= 0.3 is 5.97 Å². The van der Waals surface area contributed by atoms with E-state index in [0.717, 1.165) is 32.5 Å². The van der Waals surface area contributed by atoms with Gasteiger partial charge in [0.05, 0.1) is 12.7 Å². The number of piperidine rings is 1. The Morgan fingerprint density at radius 2 is 2.20 bits per heavy atom. The van der Waals surface area contributed by atoms with Gasteiger partial charge in [0, 0.05) is 26.2 Å². The van der Waals surface area contributed by atoms with Crippen molar-refractivity contribution in [1.29, 1.82) is 0 Å². The summed E-state index contributed by atoms with van der Waals surface area (Å²) in [6.45, 7) is 5.34. The van der Waals surface area contributed by atoms with Gasteiger partial charge in [0.25, 0.3) is 0 Å². The van der Waals surface area contributed by atoms with Crippen LogP contribution in [0, 0.1) is 0 Å². The number of rotatable bonds is 8. The van der Waals surface area contributed by atoms with E-state index in [-0.39, 0.29) is 12.0 Å². The lowest BCUT2D eigenvalue weighted by Gasteiger charge is -2.32. The van der Waals surface area contributed by atoms with Gasteiger partial charge in [0.2, 0.25) is 0 Å². The largest absolute Gasteiger partial charge is 0.465 e. The minimum atomic E-state index is -0.148. The Bertz CT molecular complexity index is 307. The van der Waals surface area contributed by atoms with Gasteiger partial charge in [-0.3, -0.25) is 4.79 Å². The molecule has 2 aliphatic rings. The Labute approximate surface area is 122 Å². The molecule has 1 aliphatic carbocycles. The summed E-state index contributed by atoms with van der Waals surface area (Å²) < 4.78 is 10.6. The van der Waals surface area contributed by atoms with Crippen molar-refractivity contribution in [3.63, 3.8) is 0 Å². The van der Waals surface area contributed by atoms with E-state index in [1.54, 1.807) is 7.11 Å². The summed E-state index contributed by atoms with van der Waals surface area (Å²) in [6.07, 6.45) is 5.87. The second-order valence-electron chi connectivity index (χ2n) is 5.83. The van der Waals surface area contributed by atoms with E-state index in [1.165, 1.54) is 19.3 Å². The van der Waals surface area contributed by atoms with Gasteiger partial charge < -0.3 is 19.7 Å². The number of carbonyl (C=O) groups is 1. The number of hydrogen-bond acceptors (Lipinski definition) is 5. The van der Waals surface area contributed by atoms with Crippen molar-refractivity contribution >= 4 is 5.97 Å². The average molecular weight is 284 g/mol.